The lowest BCUT2D eigenvalue weighted by Gasteiger charge is -2.36. The van der Waals surface area contributed by atoms with Gasteiger partial charge in [0.05, 0.1) is 6.42 Å². The Hall–Kier alpha value is -4.24. The molecule has 2 aliphatic rings. The summed E-state index contributed by atoms with van der Waals surface area (Å²) in [5, 5.41) is 9.14. The first-order valence-electron chi connectivity index (χ1n) is 11.7. The Morgan fingerprint density at radius 2 is 1.57 bits per heavy atom. The van der Waals surface area contributed by atoms with Gasteiger partial charge in [-0.2, -0.15) is 0 Å². The molecule has 5 rings (SSSR count). The molecule has 0 radical (unpaired) electrons. The van der Waals surface area contributed by atoms with Gasteiger partial charge in [0.25, 0.3) is 0 Å². The van der Waals surface area contributed by atoms with E-state index in [0.717, 1.165) is 5.69 Å². The van der Waals surface area contributed by atoms with Crippen molar-refractivity contribution in [2.75, 3.05) is 37.7 Å². The van der Waals surface area contributed by atoms with Crippen LogP contribution in [0.4, 0.5) is 10.5 Å². The third kappa shape index (κ3) is 4.58. The van der Waals surface area contributed by atoms with Crippen LogP contribution in [0.2, 0.25) is 0 Å². The molecule has 0 spiro atoms. The van der Waals surface area contributed by atoms with Crippen LogP contribution < -0.4 is 4.90 Å². The lowest BCUT2D eigenvalue weighted by Crippen LogP contribution is -2.49. The van der Waals surface area contributed by atoms with Gasteiger partial charge < -0.3 is 19.6 Å². The third-order valence-electron chi connectivity index (χ3n) is 6.74. The minimum absolute atomic E-state index is 0.0341. The minimum atomic E-state index is -0.898. The van der Waals surface area contributed by atoms with E-state index in [-0.39, 0.29) is 18.4 Å². The fourth-order valence-electron chi connectivity index (χ4n) is 5.05. The van der Waals surface area contributed by atoms with Crippen LogP contribution >= 0.6 is 0 Å². The number of anilines is 1. The van der Waals surface area contributed by atoms with Crippen LogP contribution in [0.15, 0.2) is 66.7 Å². The number of fused-ring (bicyclic) bond motifs is 3. The summed E-state index contributed by atoms with van der Waals surface area (Å²) in [6, 6.07) is 22.0. The Morgan fingerprint density at radius 1 is 0.943 bits per heavy atom. The molecule has 0 saturated carbocycles. The van der Waals surface area contributed by atoms with Crippen molar-refractivity contribution < 1.29 is 19.4 Å². The maximum Gasteiger partial charge on any atom is 0.409 e. The van der Waals surface area contributed by atoms with Gasteiger partial charge in [0.1, 0.15) is 6.61 Å². The summed E-state index contributed by atoms with van der Waals surface area (Å²) < 4.78 is 5.80. The van der Waals surface area contributed by atoms with E-state index < -0.39 is 5.97 Å². The molecular weight excluding hydrogens is 440 g/mol. The van der Waals surface area contributed by atoms with Gasteiger partial charge in [-0.15, -0.1) is 6.42 Å². The Balaban J connectivity index is 1.22. The molecule has 1 saturated heterocycles. The molecule has 0 unspecified atom stereocenters. The second-order valence-corrected chi connectivity index (χ2v) is 8.88. The topological polar surface area (TPSA) is 70.1 Å². The van der Waals surface area contributed by atoms with Crippen molar-refractivity contribution in [1.29, 1.82) is 0 Å². The molecule has 176 valence electrons. The average Bonchev–Trinajstić information content (AvgIpc) is 3.20. The third-order valence-corrected chi connectivity index (χ3v) is 6.74. The maximum atomic E-state index is 12.9. The quantitative estimate of drug-likeness (QED) is 0.566. The van der Waals surface area contributed by atoms with Gasteiger partial charge >= 0.3 is 12.1 Å². The molecule has 1 fully saturated rings. The fourth-order valence-corrected chi connectivity index (χ4v) is 5.05. The van der Waals surface area contributed by atoms with E-state index in [4.69, 9.17) is 16.3 Å². The highest BCUT2D eigenvalue weighted by Crippen LogP contribution is 2.44. The highest BCUT2D eigenvalue weighted by atomic mass is 16.6. The molecule has 1 heterocycles. The smallest absolute Gasteiger partial charge is 0.409 e. The summed E-state index contributed by atoms with van der Waals surface area (Å²) in [6.07, 6.45) is 5.18. The second-order valence-electron chi connectivity index (χ2n) is 8.88. The average molecular weight is 467 g/mol. The van der Waals surface area contributed by atoms with Gasteiger partial charge in [0.15, 0.2) is 0 Å². The van der Waals surface area contributed by atoms with E-state index >= 15 is 0 Å². The summed E-state index contributed by atoms with van der Waals surface area (Å²) in [6.45, 7) is 2.57. The molecule has 1 aliphatic heterocycles. The molecule has 1 amide bonds. The first kappa shape index (κ1) is 22.5. The molecule has 1 aliphatic carbocycles. The number of carboxylic acids is 1. The van der Waals surface area contributed by atoms with Gasteiger partial charge in [0, 0.05) is 43.3 Å². The van der Waals surface area contributed by atoms with Crippen molar-refractivity contribution in [3.8, 4) is 23.5 Å². The van der Waals surface area contributed by atoms with Crippen molar-refractivity contribution in [2.45, 2.75) is 12.3 Å². The van der Waals surface area contributed by atoms with Crippen molar-refractivity contribution in [3.05, 3.63) is 89.0 Å². The van der Waals surface area contributed by atoms with Crippen molar-refractivity contribution in [1.82, 2.24) is 4.90 Å². The van der Waals surface area contributed by atoms with Crippen molar-refractivity contribution in [3.63, 3.8) is 0 Å². The number of aliphatic carboxylic acids is 1. The van der Waals surface area contributed by atoms with Gasteiger partial charge in [-0.05, 0) is 46.0 Å². The zero-order valence-corrected chi connectivity index (χ0v) is 19.3. The monoisotopic (exact) mass is 466 g/mol. The second kappa shape index (κ2) is 9.55. The Morgan fingerprint density at radius 3 is 2.17 bits per heavy atom. The summed E-state index contributed by atoms with van der Waals surface area (Å²) in [5.74, 6) is 1.74. The number of carbonyl (C=O) groups is 2. The normalized spacial score (nSPS) is 14.7. The van der Waals surface area contributed by atoms with Crippen LogP contribution in [0, 0.1) is 12.3 Å². The van der Waals surface area contributed by atoms with Gasteiger partial charge in [-0.3, -0.25) is 4.79 Å². The van der Waals surface area contributed by atoms with E-state index in [1.54, 1.807) is 11.0 Å². The highest BCUT2D eigenvalue weighted by Gasteiger charge is 2.30. The Kier molecular flexibility index (Phi) is 6.15. The number of carboxylic acid groups (broad SMARTS) is 1. The molecule has 35 heavy (non-hydrogen) atoms. The van der Waals surface area contributed by atoms with Crippen LogP contribution in [0.1, 0.15) is 28.2 Å². The van der Waals surface area contributed by atoms with E-state index in [0.29, 0.717) is 43.9 Å². The van der Waals surface area contributed by atoms with Crippen molar-refractivity contribution in [2.24, 2.45) is 0 Å². The number of hydrogen-bond acceptors (Lipinski definition) is 4. The van der Waals surface area contributed by atoms with E-state index in [2.05, 4.69) is 35.1 Å². The molecule has 1 N–H and O–H groups in total. The van der Waals surface area contributed by atoms with Crippen LogP contribution in [0.25, 0.3) is 11.1 Å². The maximum absolute atomic E-state index is 12.9. The lowest BCUT2D eigenvalue weighted by molar-refractivity contribution is -0.136. The van der Waals surface area contributed by atoms with Gasteiger partial charge in [0.2, 0.25) is 0 Å². The van der Waals surface area contributed by atoms with Crippen molar-refractivity contribution >= 4 is 17.7 Å². The first-order chi connectivity index (χ1) is 17.0. The summed E-state index contributed by atoms with van der Waals surface area (Å²) >= 11 is 0. The van der Waals surface area contributed by atoms with Crippen LogP contribution in [-0.2, 0) is 16.0 Å². The number of terminal acetylenes is 1. The number of rotatable bonds is 5. The standard InChI is InChI=1S/C29H26N2O4/c1-2-20-15-21(18-28(32)33)17-22(16-20)30-11-13-31(14-12-30)29(34)35-19-27-25-9-5-3-7-23(25)24-8-4-6-10-26(24)27/h1,3-10,15-17,27H,11-14,18-19H2,(H,32,33). The first-order valence-corrected chi connectivity index (χ1v) is 11.7. The number of amides is 1. The molecule has 0 aromatic heterocycles. The number of nitrogens with zero attached hydrogens (tertiary/aromatic N) is 2. The molecule has 0 atom stereocenters. The van der Waals surface area contributed by atoms with E-state index in [9.17, 15) is 9.59 Å². The lowest BCUT2D eigenvalue weighted by atomic mass is 9.98. The van der Waals surface area contributed by atoms with Gasteiger partial charge in [-0.1, -0.05) is 54.5 Å². The summed E-state index contributed by atoms with van der Waals surface area (Å²) in [4.78, 5) is 27.9. The number of hydrogen-bond donors (Lipinski definition) is 1. The van der Waals surface area contributed by atoms with E-state index in [1.165, 1.54) is 22.3 Å². The minimum Gasteiger partial charge on any atom is -0.481 e. The fraction of sp³-hybridized carbons (Fsp3) is 0.241. The number of piperazine rings is 1. The van der Waals surface area contributed by atoms with Crippen LogP contribution in [-0.4, -0.2) is 54.9 Å². The molecule has 3 aromatic carbocycles. The SMILES string of the molecule is C#Cc1cc(CC(=O)O)cc(N2CCN(C(=O)OCC3c4ccccc4-c4ccccc43)CC2)c1. The Labute approximate surface area is 204 Å². The van der Waals surface area contributed by atoms with Gasteiger partial charge in [-0.25, -0.2) is 4.79 Å². The molecular formula is C29H26N2O4. The zero-order valence-electron chi connectivity index (χ0n) is 19.3. The zero-order chi connectivity index (χ0) is 24.4. The number of benzene rings is 3. The predicted octanol–water partition coefficient (Wildman–Crippen LogP) is 4.37. The van der Waals surface area contributed by atoms with Crippen LogP contribution in [0.5, 0.6) is 0 Å². The number of ether oxygens (including phenoxy) is 1. The Bertz CT molecular complexity index is 1270. The molecule has 0 bridgehead atoms. The van der Waals surface area contributed by atoms with E-state index in [1.807, 2.05) is 36.4 Å². The molecule has 6 nitrogen and oxygen atoms in total. The molecule has 3 aromatic rings. The largest absolute Gasteiger partial charge is 0.481 e. The summed E-state index contributed by atoms with van der Waals surface area (Å²) in [7, 11) is 0. The highest BCUT2D eigenvalue weighted by molar-refractivity contribution is 5.79. The van der Waals surface area contributed by atoms with Crippen LogP contribution in [0.3, 0.4) is 0 Å². The number of carbonyl (C=O) groups excluding carboxylic acids is 1. The predicted molar refractivity (Wildman–Crippen MR) is 135 cm³/mol. The molecule has 6 heteroatoms. The summed E-state index contributed by atoms with van der Waals surface area (Å²) in [5.41, 5.74) is 6.99.